The van der Waals surface area contributed by atoms with Crippen molar-refractivity contribution < 1.29 is 24.6 Å². The molecule has 0 bridgehead atoms. The number of hydrogen-bond acceptors (Lipinski definition) is 6. The van der Waals surface area contributed by atoms with E-state index in [2.05, 4.69) is 43.6 Å². The van der Waals surface area contributed by atoms with E-state index >= 15 is 0 Å². The summed E-state index contributed by atoms with van der Waals surface area (Å²) in [7, 11) is 0. The summed E-state index contributed by atoms with van der Waals surface area (Å²) < 4.78 is 0. The van der Waals surface area contributed by atoms with Gasteiger partial charge in [-0.15, -0.1) is 0 Å². The molecule has 238 valence electrons. The second-order valence-electron chi connectivity index (χ2n) is 13.0. The fourth-order valence-electron chi connectivity index (χ4n) is 5.92. The smallest absolute Gasteiger partial charge is 0.243 e. The second kappa shape index (κ2) is 16.7. The number of nitrogens with zero attached hydrogens (tertiary/aromatic N) is 1. The van der Waals surface area contributed by atoms with Gasteiger partial charge in [-0.2, -0.15) is 0 Å². The molecule has 0 saturated carbocycles. The Bertz CT molecular complexity index is 1190. The van der Waals surface area contributed by atoms with Crippen LogP contribution in [0.3, 0.4) is 0 Å². The molecule has 0 spiro atoms. The quantitative estimate of drug-likeness (QED) is 0.203. The highest BCUT2D eigenvalue weighted by atomic mass is 16.3. The average molecular weight is 597 g/mol. The van der Waals surface area contributed by atoms with Gasteiger partial charge in [-0.1, -0.05) is 70.2 Å². The Labute approximate surface area is 256 Å². The maximum absolute atomic E-state index is 13.7. The SMILES string of the molecule is CC(C)CC(CC(C)C)C(=O)N1CCC[C@H]1C(=O)N[C@H](Cc1ccc2ccccc2c1)C(=O)NCC(O)CNC[C@@H](C)O. The molecule has 1 saturated heterocycles. The van der Waals surface area contributed by atoms with Crippen LogP contribution in [0.1, 0.15) is 65.9 Å². The Hall–Kier alpha value is -3.01. The zero-order chi connectivity index (χ0) is 31.5. The molecular weight excluding hydrogens is 544 g/mol. The molecule has 0 aliphatic carbocycles. The Morgan fingerprint density at radius 1 is 0.907 bits per heavy atom. The molecule has 1 fully saturated rings. The van der Waals surface area contributed by atoms with Crippen molar-refractivity contribution in [3.63, 3.8) is 0 Å². The number of likely N-dealkylation sites (tertiary alicyclic amines) is 1. The summed E-state index contributed by atoms with van der Waals surface area (Å²) in [5.74, 6) is -0.0777. The number of carbonyl (C=O) groups is 3. The lowest BCUT2D eigenvalue weighted by Gasteiger charge is -2.31. The third-order valence-corrected chi connectivity index (χ3v) is 7.92. The van der Waals surface area contributed by atoms with Gasteiger partial charge in [0.15, 0.2) is 0 Å². The summed E-state index contributed by atoms with van der Waals surface area (Å²) in [5, 5.41) is 30.6. The van der Waals surface area contributed by atoms with Gasteiger partial charge in [-0.25, -0.2) is 0 Å². The molecule has 0 aromatic heterocycles. The molecule has 2 aromatic rings. The number of aliphatic hydroxyl groups excluding tert-OH is 2. The first-order valence-corrected chi connectivity index (χ1v) is 15.9. The van der Waals surface area contributed by atoms with Gasteiger partial charge in [-0.05, 0) is 60.8 Å². The van der Waals surface area contributed by atoms with E-state index in [-0.39, 0.29) is 37.2 Å². The monoisotopic (exact) mass is 596 g/mol. The highest BCUT2D eigenvalue weighted by Crippen LogP contribution is 2.27. The summed E-state index contributed by atoms with van der Waals surface area (Å²) in [4.78, 5) is 42.6. The van der Waals surface area contributed by atoms with E-state index < -0.39 is 30.2 Å². The van der Waals surface area contributed by atoms with E-state index in [4.69, 9.17) is 0 Å². The van der Waals surface area contributed by atoms with Crippen molar-refractivity contribution >= 4 is 28.5 Å². The van der Waals surface area contributed by atoms with Crippen LogP contribution >= 0.6 is 0 Å². The van der Waals surface area contributed by atoms with Gasteiger partial charge in [0.1, 0.15) is 12.1 Å². The fraction of sp³-hybridized carbons (Fsp3) is 0.618. The molecule has 3 amide bonds. The highest BCUT2D eigenvalue weighted by Gasteiger charge is 2.38. The van der Waals surface area contributed by atoms with Gasteiger partial charge < -0.3 is 31.1 Å². The van der Waals surface area contributed by atoms with Crippen molar-refractivity contribution in [2.45, 2.75) is 91.0 Å². The van der Waals surface area contributed by atoms with E-state index in [1.54, 1.807) is 11.8 Å². The first-order chi connectivity index (χ1) is 20.4. The minimum absolute atomic E-state index is 0.00411. The highest BCUT2D eigenvalue weighted by molar-refractivity contribution is 5.93. The maximum atomic E-state index is 13.7. The predicted molar refractivity (Wildman–Crippen MR) is 170 cm³/mol. The third kappa shape index (κ3) is 10.9. The molecule has 4 atom stereocenters. The molecule has 9 nitrogen and oxygen atoms in total. The Morgan fingerprint density at radius 3 is 2.23 bits per heavy atom. The van der Waals surface area contributed by atoms with E-state index in [9.17, 15) is 24.6 Å². The van der Waals surface area contributed by atoms with Crippen LogP contribution in [0.4, 0.5) is 0 Å². The van der Waals surface area contributed by atoms with Crippen molar-refractivity contribution in [2.75, 3.05) is 26.2 Å². The molecule has 1 aliphatic rings. The van der Waals surface area contributed by atoms with Crippen LogP contribution in [0.2, 0.25) is 0 Å². The van der Waals surface area contributed by atoms with Crippen LogP contribution in [0.5, 0.6) is 0 Å². The van der Waals surface area contributed by atoms with Crippen molar-refractivity contribution in [2.24, 2.45) is 17.8 Å². The fourth-order valence-corrected chi connectivity index (χ4v) is 5.92. The molecule has 9 heteroatoms. The number of fused-ring (bicyclic) bond motifs is 1. The number of aliphatic hydroxyl groups is 2. The summed E-state index contributed by atoms with van der Waals surface area (Å²) in [6, 6.07) is 12.4. The Kier molecular flexibility index (Phi) is 13.4. The predicted octanol–water partition coefficient (Wildman–Crippen LogP) is 3.01. The molecule has 1 aliphatic heterocycles. The second-order valence-corrected chi connectivity index (χ2v) is 13.0. The lowest BCUT2D eigenvalue weighted by molar-refractivity contribution is -0.143. The number of rotatable bonds is 16. The normalized spacial score (nSPS) is 17.4. The number of benzene rings is 2. The average Bonchev–Trinajstić information content (AvgIpc) is 3.44. The van der Waals surface area contributed by atoms with Crippen LogP contribution in [0.15, 0.2) is 42.5 Å². The molecule has 5 N–H and O–H groups in total. The van der Waals surface area contributed by atoms with Gasteiger partial charge in [-0.3, -0.25) is 14.4 Å². The zero-order valence-corrected chi connectivity index (χ0v) is 26.5. The van der Waals surface area contributed by atoms with E-state index in [1.165, 1.54) is 0 Å². The first kappa shape index (κ1) is 34.5. The Balaban J connectivity index is 1.75. The first-order valence-electron chi connectivity index (χ1n) is 15.9. The molecule has 1 unspecified atom stereocenters. The number of carbonyl (C=O) groups excluding carboxylic acids is 3. The number of nitrogens with one attached hydrogen (secondary N) is 3. The molecule has 43 heavy (non-hydrogen) atoms. The molecule has 0 radical (unpaired) electrons. The van der Waals surface area contributed by atoms with Crippen LogP contribution in [-0.4, -0.2) is 83.3 Å². The van der Waals surface area contributed by atoms with E-state index in [0.717, 1.165) is 35.6 Å². The lowest BCUT2D eigenvalue weighted by Crippen LogP contribution is -2.55. The molecule has 1 heterocycles. The zero-order valence-electron chi connectivity index (χ0n) is 26.5. The summed E-state index contributed by atoms with van der Waals surface area (Å²) in [6.07, 6.45) is 1.73. The van der Waals surface area contributed by atoms with Gasteiger partial charge in [0.05, 0.1) is 12.2 Å². The van der Waals surface area contributed by atoms with Crippen molar-refractivity contribution in [3.8, 4) is 0 Å². The largest absolute Gasteiger partial charge is 0.392 e. The minimum Gasteiger partial charge on any atom is -0.392 e. The van der Waals surface area contributed by atoms with E-state index in [0.29, 0.717) is 31.3 Å². The molecule has 2 aromatic carbocycles. The molecule has 3 rings (SSSR count). The Morgan fingerprint density at radius 2 is 1.58 bits per heavy atom. The van der Waals surface area contributed by atoms with Crippen molar-refractivity contribution in [1.29, 1.82) is 0 Å². The van der Waals surface area contributed by atoms with Gasteiger partial charge in [0.25, 0.3) is 0 Å². The van der Waals surface area contributed by atoms with Crippen molar-refractivity contribution in [3.05, 3.63) is 48.0 Å². The summed E-state index contributed by atoms with van der Waals surface area (Å²) in [5.41, 5.74) is 0.895. The summed E-state index contributed by atoms with van der Waals surface area (Å²) in [6.45, 7) is 11.2. The van der Waals surface area contributed by atoms with Crippen LogP contribution in [0.25, 0.3) is 10.8 Å². The van der Waals surface area contributed by atoms with Crippen LogP contribution in [0, 0.1) is 17.8 Å². The van der Waals surface area contributed by atoms with E-state index in [1.807, 2.05) is 42.5 Å². The van der Waals surface area contributed by atoms with Gasteiger partial charge in [0.2, 0.25) is 17.7 Å². The lowest BCUT2D eigenvalue weighted by atomic mass is 9.88. The number of hydrogen-bond donors (Lipinski definition) is 5. The number of amides is 3. The van der Waals surface area contributed by atoms with Gasteiger partial charge in [0, 0.05) is 38.5 Å². The minimum atomic E-state index is -0.883. The standard InChI is InChI=1S/C34H52N4O5/c1-22(2)15-28(16-23(3)4)34(43)38-14-8-11-31(38)33(42)37-30(32(41)36-21-29(40)20-35-19-24(5)39)18-25-12-13-26-9-6-7-10-27(26)17-25/h6-7,9-10,12-13,17,22-24,28-31,35,39-40H,8,11,14-16,18-21H2,1-5H3,(H,36,41)(H,37,42)/t24-,29?,30-,31+/m1/s1. The maximum Gasteiger partial charge on any atom is 0.243 e. The third-order valence-electron chi connectivity index (χ3n) is 7.92. The van der Waals surface area contributed by atoms with Crippen LogP contribution < -0.4 is 16.0 Å². The van der Waals surface area contributed by atoms with Gasteiger partial charge >= 0.3 is 0 Å². The topological polar surface area (TPSA) is 131 Å². The molecular formula is C34H52N4O5. The van der Waals surface area contributed by atoms with Crippen LogP contribution in [-0.2, 0) is 20.8 Å². The van der Waals surface area contributed by atoms with Crippen molar-refractivity contribution in [1.82, 2.24) is 20.9 Å². The summed E-state index contributed by atoms with van der Waals surface area (Å²) >= 11 is 0.